The van der Waals surface area contributed by atoms with Crippen molar-refractivity contribution in [2.45, 2.75) is 90.1 Å². The normalized spacial score (nSPS) is 54.9. The summed E-state index contributed by atoms with van der Waals surface area (Å²) in [5.41, 5.74) is 0.110. The average Bonchev–Trinajstić information content (AvgIpc) is 3.37. The lowest BCUT2D eigenvalue weighted by Crippen LogP contribution is -2.51. The fraction of sp³-hybridized carbons (Fsp3) is 1.00. The predicted molar refractivity (Wildman–Crippen MR) is 105 cm³/mol. The van der Waals surface area contributed by atoms with E-state index in [1.165, 1.54) is 57.8 Å². The predicted octanol–water partition coefficient (Wildman–Crippen LogP) is 5.02. The van der Waals surface area contributed by atoms with E-state index in [4.69, 9.17) is 0 Å². The van der Waals surface area contributed by atoms with Crippen molar-refractivity contribution in [2.75, 3.05) is 6.61 Å². The highest BCUT2D eigenvalue weighted by Gasteiger charge is 2.59. The molecule has 5 fully saturated rings. The Labute approximate surface area is 160 Å². The van der Waals surface area contributed by atoms with Crippen LogP contribution in [-0.4, -0.2) is 22.4 Å². The SMILES string of the molecule is C[C@@]1(O)CC[C@H]2[C@H](CC[C@@H]3[C@@H]2CC[C@]2(C)[C@H](C(CO)C4CC4)CC[C@@H]32)C1. The standard InChI is InChI=1S/C24H40O2/c1-23(26)11-9-17-16(13-23)5-6-19-18(17)10-12-24(2)21(19)7-8-22(24)20(14-25)15-3-4-15/h15-22,25-26H,3-14H2,1-2H3/t16-,17+,18-,19-,20?,21+,22+,23-,24+/m1/s1. The maximum absolute atomic E-state index is 10.6. The van der Waals surface area contributed by atoms with Crippen LogP contribution in [0.25, 0.3) is 0 Å². The van der Waals surface area contributed by atoms with Gasteiger partial charge in [0.15, 0.2) is 0 Å². The monoisotopic (exact) mass is 360 g/mol. The molecule has 0 amide bonds. The van der Waals surface area contributed by atoms with Gasteiger partial charge in [-0.3, -0.25) is 0 Å². The second-order valence-corrected chi connectivity index (χ2v) is 11.6. The van der Waals surface area contributed by atoms with Gasteiger partial charge in [-0.1, -0.05) is 6.92 Å². The van der Waals surface area contributed by atoms with Gasteiger partial charge < -0.3 is 10.2 Å². The molecule has 5 aliphatic rings. The third kappa shape index (κ3) is 2.72. The fourth-order valence-electron chi connectivity index (χ4n) is 8.95. The lowest BCUT2D eigenvalue weighted by atomic mass is 9.48. The Hall–Kier alpha value is -0.0800. The van der Waals surface area contributed by atoms with Gasteiger partial charge in [0.25, 0.3) is 0 Å². The van der Waals surface area contributed by atoms with Gasteiger partial charge in [0.1, 0.15) is 0 Å². The molecule has 5 aliphatic carbocycles. The zero-order chi connectivity index (χ0) is 18.1. The molecule has 0 saturated heterocycles. The molecule has 148 valence electrons. The van der Waals surface area contributed by atoms with Gasteiger partial charge >= 0.3 is 0 Å². The van der Waals surface area contributed by atoms with Crippen LogP contribution in [-0.2, 0) is 0 Å². The summed E-state index contributed by atoms with van der Waals surface area (Å²) in [4.78, 5) is 0. The molecule has 2 N–H and O–H groups in total. The first kappa shape index (κ1) is 18.0. The number of rotatable bonds is 3. The van der Waals surface area contributed by atoms with Crippen molar-refractivity contribution < 1.29 is 10.2 Å². The summed E-state index contributed by atoms with van der Waals surface area (Å²) in [5.74, 6) is 6.72. The van der Waals surface area contributed by atoms with Crippen molar-refractivity contribution in [2.24, 2.45) is 52.8 Å². The van der Waals surface area contributed by atoms with E-state index < -0.39 is 5.60 Å². The van der Waals surface area contributed by atoms with Gasteiger partial charge in [-0.05, 0) is 130 Å². The molecule has 0 radical (unpaired) electrons. The molecule has 0 aromatic rings. The summed E-state index contributed by atoms with van der Waals surface area (Å²) in [7, 11) is 0. The molecular weight excluding hydrogens is 320 g/mol. The smallest absolute Gasteiger partial charge is 0.0622 e. The molecule has 0 bridgehead atoms. The summed E-state index contributed by atoms with van der Waals surface area (Å²) in [6, 6.07) is 0. The summed E-state index contributed by atoms with van der Waals surface area (Å²) in [6.07, 6.45) is 14.5. The van der Waals surface area contributed by atoms with Crippen molar-refractivity contribution in [1.29, 1.82) is 0 Å². The first-order valence-electron chi connectivity index (χ1n) is 11.8. The number of hydrogen-bond acceptors (Lipinski definition) is 2. The highest BCUT2D eigenvalue weighted by Crippen LogP contribution is 2.66. The molecule has 0 heterocycles. The Morgan fingerprint density at radius 3 is 2.35 bits per heavy atom. The van der Waals surface area contributed by atoms with Crippen molar-refractivity contribution in [3.05, 3.63) is 0 Å². The van der Waals surface area contributed by atoms with E-state index >= 15 is 0 Å². The molecule has 1 unspecified atom stereocenters. The molecule has 2 heteroatoms. The van der Waals surface area contributed by atoms with Crippen LogP contribution in [0.1, 0.15) is 84.5 Å². The Morgan fingerprint density at radius 2 is 1.62 bits per heavy atom. The van der Waals surface area contributed by atoms with Crippen LogP contribution in [0.2, 0.25) is 0 Å². The molecule has 0 aromatic heterocycles. The molecular formula is C24H40O2. The zero-order valence-corrected chi connectivity index (χ0v) is 17.0. The summed E-state index contributed by atoms with van der Waals surface area (Å²) < 4.78 is 0. The van der Waals surface area contributed by atoms with Crippen LogP contribution >= 0.6 is 0 Å². The van der Waals surface area contributed by atoms with E-state index in [1.807, 2.05) is 0 Å². The largest absolute Gasteiger partial charge is 0.396 e. The molecule has 2 nitrogen and oxygen atoms in total. The maximum Gasteiger partial charge on any atom is 0.0622 e. The number of fused-ring (bicyclic) bond motifs is 5. The minimum atomic E-state index is -0.395. The van der Waals surface area contributed by atoms with Crippen LogP contribution in [0.4, 0.5) is 0 Å². The highest BCUT2D eigenvalue weighted by molar-refractivity contribution is 5.08. The van der Waals surface area contributed by atoms with E-state index in [0.717, 1.165) is 54.3 Å². The minimum Gasteiger partial charge on any atom is -0.396 e. The third-order valence-corrected chi connectivity index (χ3v) is 10.3. The molecule has 0 aromatic carbocycles. The van der Waals surface area contributed by atoms with Gasteiger partial charge in [-0.25, -0.2) is 0 Å². The van der Waals surface area contributed by atoms with Crippen LogP contribution in [0.5, 0.6) is 0 Å². The van der Waals surface area contributed by atoms with Crippen molar-refractivity contribution >= 4 is 0 Å². The van der Waals surface area contributed by atoms with Gasteiger partial charge in [-0.15, -0.1) is 0 Å². The van der Waals surface area contributed by atoms with E-state index in [9.17, 15) is 10.2 Å². The van der Waals surface area contributed by atoms with E-state index in [1.54, 1.807) is 0 Å². The second-order valence-electron chi connectivity index (χ2n) is 11.6. The first-order valence-corrected chi connectivity index (χ1v) is 11.8. The van der Waals surface area contributed by atoms with Crippen LogP contribution in [0.15, 0.2) is 0 Å². The van der Waals surface area contributed by atoms with Gasteiger partial charge in [-0.2, -0.15) is 0 Å². The van der Waals surface area contributed by atoms with Crippen molar-refractivity contribution in [3.8, 4) is 0 Å². The van der Waals surface area contributed by atoms with Crippen LogP contribution in [0.3, 0.4) is 0 Å². The third-order valence-electron chi connectivity index (χ3n) is 10.3. The van der Waals surface area contributed by atoms with E-state index in [-0.39, 0.29) is 0 Å². The summed E-state index contributed by atoms with van der Waals surface area (Å²) in [5, 5.41) is 20.7. The number of aliphatic hydroxyl groups is 2. The number of hydrogen-bond donors (Lipinski definition) is 2. The molecule has 26 heavy (non-hydrogen) atoms. The summed E-state index contributed by atoms with van der Waals surface area (Å²) in [6.45, 7) is 5.13. The average molecular weight is 361 g/mol. The highest BCUT2D eigenvalue weighted by atomic mass is 16.3. The minimum absolute atomic E-state index is 0.395. The number of aliphatic hydroxyl groups excluding tert-OH is 1. The van der Waals surface area contributed by atoms with Crippen molar-refractivity contribution in [1.82, 2.24) is 0 Å². The maximum atomic E-state index is 10.6. The lowest BCUT2D eigenvalue weighted by Gasteiger charge is -2.57. The molecule has 9 atom stereocenters. The van der Waals surface area contributed by atoms with Gasteiger partial charge in [0.05, 0.1) is 5.60 Å². The quantitative estimate of drug-likeness (QED) is 0.741. The Morgan fingerprint density at radius 1 is 0.846 bits per heavy atom. The van der Waals surface area contributed by atoms with E-state index in [0.29, 0.717) is 17.9 Å². The zero-order valence-electron chi connectivity index (χ0n) is 17.0. The molecule has 0 spiro atoms. The second kappa shape index (κ2) is 6.21. The van der Waals surface area contributed by atoms with Crippen molar-refractivity contribution in [3.63, 3.8) is 0 Å². The van der Waals surface area contributed by atoms with Crippen LogP contribution < -0.4 is 0 Å². The van der Waals surface area contributed by atoms with Gasteiger partial charge in [0, 0.05) is 6.61 Å². The molecule has 5 rings (SSSR count). The first-order chi connectivity index (χ1) is 12.4. The van der Waals surface area contributed by atoms with Crippen LogP contribution in [0, 0.1) is 52.8 Å². The van der Waals surface area contributed by atoms with E-state index in [2.05, 4.69) is 13.8 Å². The topological polar surface area (TPSA) is 40.5 Å². The molecule has 5 saturated carbocycles. The molecule has 0 aliphatic heterocycles. The summed E-state index contributed by atoms with van der Waals surface area (Å²) >= 11 is 0. The Kier molecular flexibility index (Phi) is 4.29. The fourth-order valence-corrected chi connectivity index (χ4v) is 8.95. The van der Waals surface area contributed by atoms with Gasteiger partial charge in [0.2, 0.25) is 0 Å². The lowest BCUT2D eigenvalue weighted by molar-refractivity contribution is -0.105. The Bertz CT molecular complexity index is 538. The Balaban J connectivity index is 1.35.